The van der Waals surface area contributed by atoms with E-state index in [0.717, 1.165) is 49.8 Å². The maximum atomic E-state index is 13.2. The second-order valence-corrected chi connectivity index (χ2v) is 10.4. The molecule has 0 bridgehead atoms. The average molecular weight is 438 g/mol. The fourth-order valence-electron chi connectivity index (χ4n) is 6.14. The van der Waals surface area contributed by atoms with Crippen molar-refractivity contribution in [1.29, 1.82) is 0 Å². The minimum absolute atomic E-state index is 0.0380. The van der Waals surface area contributed by atoms with E-state index in [4.69, 9.17) is 0 Å². The molecule has 1 aromatic heterocycles. The minimum atomic E-state index is -0.399. The number of carbonyl (C=O) groups excluding carboxylic acids is 1. The van der Waals surface area contributed by atoms with Crippen molar-refractivity contribution >= 4 is 11.6 Å². The number of nitrogens with one attached hydrogen (secondary N) is 2. The Morgan fingerprint density at radius 1 is 1.28 bits per heavy atom. The van der Waals surface area contributed by atoms with Gasteiger partial charge in [-0.15, -0.1) is 0 Å². The normalized spacial score (nSPS) is 36.3. The predicted molar refractivity (Wildman–Crippen MR) is 129 cm³/mol. The van der Waals surface area contributed by atoms with E-state index in [1.54, 1.807) is 12.4 Å². The van der Waals surface area contributed by atoms with Gasteiger partial charge in [-0.3, -0.25) is 9.78 Å². The van der Waals surface area contributed by atoms with Crippen LogP contribution in [0.4, 0.5) is 5.69 Å². The molecule has 3 aliphatic rings. The van der Waals surface area contributed by atoms with Crippen molar-refractivity contribution < 1.29 is 9.90 Å². The summed E-state index contributed by atoms with van der Waals surface area (Å²) in [6.45, 7) is 4.53. The molecule has 5 unspecified atom stereocenters. The first-order valence-corrected chi connectivity index (χ1v) is 12.4. The molecule has 2 fully saturated rings. The van der Waals surface area contributed by atoms with Gasteiger partial charge in [-0.25, -0.2) is 0 Å². The van der Waals surface area contributed by atoms with Crippen LogP contribution in [-0.4, -0.2) is 35.2 Å². The van der Waals surface area contributed by atoms with Crippen LogP contribution in [0.15, 0.2) is 47.8 Å². The monoisotopic (exact) mass is 437 g/mol. The van der Waals surface area contributed by atoms with Crippen LogP contribution >= 0.6 is 0 Å². The van der Waals surface area contributed by atoms with Crippen LogP contribution in [-0.2, 0) is 4.79 Å². The first kappa shape index (κ1) is 23.2. The van der Waals surface area contributed by atoms with Gasteiger partial charge in [-0.1, -0.05) is 31.6 Å². The predicted octanol–water partition coefficient (Wildman–Crippen LogP) is 4.86. The van der Waals surface area contributed by atoms with Crippen LogP contribution in [0.1, 0.15) is 65.2 Å². The summed E-state index contributed by atoms with van der Waals surface area (Å²) in [6, 6.07) is 4.32. The summed E-state index contributed by atoms with van der Waals surface area (Å²) in [5, 5.41) is 17.4. The molecule has 1 aromatic rings. The van der Waals surface area contributed by atoms with Gasteiger partial charge in [0.25, 0.3) is 0 Å². The topological polar surface area (TPSA) is 74.2 Å². The Morgan fingerprint density at radius 2 is 2.12 bits per heavy atom. The maximum Gasteiger partial charge on any atom is 0.228 e. The zero-order valence-corrected chi connectivity index (χ0v) is 19.8. The Kier molecular flexibility index (Phi) is 7.16. The number of carbonyl (C=O) groups is 1. The first-order chi connectivity index (χ1) is 15.4. The Bertz CT molecular complexity index is 865. The smallest absolute Gasteiger partial charge is 0.228 e. The van der Waals surface area contributed by atoms with E-state index in [1.807, 2.05) is 12.1 Å². The van der Waals surface area contributed by atoms with E-state index >= 15 is 0 Å². The molecule has 0 saturated heterocycles. The van der Waals surface area contributed by atoms with Crippen LogP contribution in [0.5, 0.6) is 0 Å². The van der Waals surface area contributed by atoms with Gasteiger partial charge in [0.15, 0.2) is 0 Å². The van der Waals surface area contributed by atoms with Crippen LogP contribution in [0.2, 0.25) is 0 Å². The van der Waals surface area contributed by atoms with E-state index in [2.05, 4.69) is 48.7 Å². The number of hydrogen-bond acceptors (Lipinski definition) is 4. The second-order valence-electron chi connectivity index (χ2n) is 10.4. The van der Waals surface area contributed by atoms with Crippen LogP contribution in [0.25, 0.3) is 0 Å². The number of anilines is 1. The quantitative estimate of drug-likeness (QED) is 0.615. The third-order valence-corrected chi connectivity index (χ3v) is 8.64. The Hall–Kier alpha value is -1.98. The number of amides is 1. The van der Waals surface area contributed by atoms with Crippen LogP contribution in [0, 0.1) is 23.2 Å². The number of rotatable bonds is 5. The second kappa shape index (κ2) is 9.88. The van der Waals surface area contributed by atoms with Gasteiger partial charge >= 0.3 is 0 Å². The summed E-state index contributed by atoms with van der Waals surface area (Å²) >= 11 is 0. The molecular weight excluding hydrogens is 398 g/mol. The molecular formula is C27H39N3O2. The van der Waals surface area contributed by atoms with Crippen LogP contribution in [0.3, 0.4) is 0 Å². The molecule has 0 aliphatic heterocycles. The van der Waals surface area contributed by atoms with Crippen molar-refractivity contribution in [1.82, 2.24) is 10.3 Å². The number of nitrogens with zero attached hydrogens (tertiary/aromatic N) is 1. The van der Waals surface area contributed by atoms with E-state index in [9.17, 15) is 9.90 Å². The van der Waals surface area contributed by atoms with E-state index in [1.165, 1.54) is 18.4 Å². The third kappa shape index (κ3) is 4.84. The first-order valence-electron chi connectivity index (χ1n) is 12.4. The van der Waals surface area contributed by atoms with Crippen molar-refractivity contribution in [2.24, 2.45) is 23.2 Å². The van der Waals surface area contributed by atoms with Crippen molar-refractivity contribution in [3.63, 3.8) is 0 Å². The molecule has 6 atom stereocenters. The van der Waals surface area contributed by atoms with Crippen LogP contribution < -0.4 is 10.6 Å². The van der Waals surface area contributed by atoms with Gasteiger partial charge in [0.1, 0.15) is 0 Å². The molecule has 4 rings (SSSR count). The van der Waals surface area contributed by atoms with E-state index in [-0.39, 0.29) is 17.2 Å². The zero-order valence-electron chi connectivity index (χ0n) is 19.8. The third-order valence-electron chi connectivity index (χ3n) is 8.64. The van der Waals surface area contributed by atoms with Crippen molar-refractivity contribution in [3.05, 3.63) is 47.8 Å². The summed E-state index contributed by atoms with van der Waals surface area (Å²) in [7, 11) is 2.06. The zero-order chi connectivity index (χ0) is 22.7. The Labute approximate surface area is 192 Å². The fourth-order valence-corrected chi connectivity index (χ4v) is 6.14. The number of hydrogen-bond donors (Lipinski definition) is 3. The van der Waals surface area contributed by atoms with E-state index < -0.39 is 6.10 Å². The van der Waals surface area contributed by atoms with Gasteiger partial charge in [-0.2, -0.15) is 0 Å². The number of pyridine rings is 1. The molecule has 5 heteroatoms. The molecule has 0 spiro atoms. The van der Waals surface area contributed by atoms with Gasteiger partial charge in [0.2, 0.25) is 5.91 Å². The maximum absolute atomic E-state index is 13.2. The highest BCUT2D eigenvalue weighted by atomic mass is 16.3. The summed E-state index contributed by atoms with van der Waals surface area (Å²) in [5.74, 6) is 1.09. The Balaban J connectivity index is 1.51. The Morgan fingerprint density at radius 3 is 2.88 bits per heavy atom. The lowest BCUT2D eigenvalue weighted by molar-refractivity contribution is -0.123. The number of allylic oxidation sites excluding steroid dienone is 2. The molecule has 5 nitrogen and oxygen atoms in total. The highest BCUT2D eigenvalue weighted by Crippen LogP contribution is 2.51. The SMILES string of the molecule is CNC1CCC2=C/C(=C/CC3(C)C(C)CCC3C(=O)Nc3cccnc3)[C@H](O)CCC2C1. The highest BCUT2D eigenvalue weighted by Gasteiger charge is 2.47. The molecule has 3 N–H and O–H groups in total. The molecule has 32 heavy (non-hydrogen) atoms. The van der Waals surface area contributed by atoms with Gasteiger partial charge in [0.05, 0.1) is 18.0 Å². The number of aliphatic hydroxyl groups excluding tert-OH is 1. The van der Waals surface area contributed by atoms with Gasteiger partial charge < -0.3 is 15.7 Å². The number of fused-ring (bicyclic) bond motifs is 1. The summed E-state index contributed by atoms with van der Waals surface area (Å²) in [4.78, 5) is 17.3. The molecule has 174 valence electrons. The lowest BCUT2D eigenvalue weighted by Gasteiger charge is -2.34. The standard InChI is InChI=1S/C27H39N3O2/c1-18-6-10-24(26(32)30-23-5-4-14-29-17-23)27(18,2)13-12-21-15-19-7-9-22(28-3)16-20(19)8-11-25(21)31/h4-5,12,14-15,17-18,20,22,24-25,28,31H,6-11,13,16H2,1-3H3,(H,30,32)/b21-12-/t18?,20?,22?,24?,25-,27?/m1/s1. The largest absolute Gasteiger partial charge is 0.388 e. The molecule has 0 aromatic carbocycles. The molecule has 3 aliphatic carbocycles. The number of aliphatic hydroxyl groups is 1. The molecule has 2 saturated carbocycles. The van der Waals surface area contributed by atoms with Crippen molar-refractivity contribution in [3.8, 4) is 0 Å². The lowest BCUT2D eigenvalue weighted by Crippen LogP contribution is -2.35. The van der Waals surface area contributed by atoms with E-state index in [0.29, 0.717) is 17.9 Å². The van der Waals surface area contributed by atoms with Crippen molar-refractivity contribution in [2.75, 3.05) is 12.4 Å². The average Bonchev–Trinajstić information content (AvgIpc) is 3.00. The molecule has 1 heterocycles. The molecule has 0 radical (unpaired) electrons. The summed E-state index contributed by atoms with van der Waals surface area (Å²) < 4.78 is 0. The fraction of sp³-hybridized carbons (Fsp3) is 0.630. The minimum Gasteiger partial charge on any atom is -0.388 e. The van der Waals surface area contributed by atoms with Crippen molar-refractivity contribution in [2.45, 2.75) is 77.4 Å². The van der Waals surface area contributed by atoms with Gasteiger partial charge in [-0.05, 0) is 93.4 Å². The lowest BCUT2D eigenvalue weighted by atomic mass is 9.71. The van der Waals surface area contributed by atoms with Gasteiger partial charge in [0, 0.05) is 18.2 Å². The summed E-state index contributed by atoms with van der Waals surface area (Å²) in [5.41, 5.74) is 3.21. The summed E-state index contributed by atoms with van der Waals surface area (Å²) in [6.07, 6.45) is 15.7. The highest BCUT2D eigenvalue weighted by molar-refractivity contribution is 5.93. The molecule has 1 amide bonds. The number of aromatic nitrogens is 1.